The van der Waals surface area contributed by atoms with E-state index in [1.165, 1.54) is 0 Å². The second kappa shape index (κ2) is 8.52. The van der Waals surface area contributed by atoms with Crippen molar-refractivity contribution < 1.29 is 9.59 Å². The molecule has 1 N–H and O–H groups in total. The molecular formula is C18H32ClN3O2. The molecule has 138 valence electrons. The Morgan fingerprint density at radius 1 is 1.17 bits per heavy atom. The molecule has 0 aliphatic carbocycles. The zero-order valence-corrected chi connectivity index (χ0v) is 15.8. The summed E-state index contributed by atoms with van der Waals surface area (Å²) in [6.45, 7) is 7.46. The normalized spacial score (nSPS) is 31.2. The number of hydrogen-bond donors (Lipinski definition) is 1. The van der Waals surface area contributed by atoms with Crippen molar-refractivity contribution in [1.29, 1.82) is 0 Å². The van der Waals surface area contributed by atoms with Crippen LogP contribution in [0.2, 0.25) is 0 Å². The third-order valence-corrected chi connectivity index (χ3v) is 6.02. The highest BCUT2D eigenvalue weighted by atomic mass is 35.5. The lowest BCUT2D eigenvalue weighted by Crippen LogP contribution is -2.51. The van der Waals surface area contributed by atoms with Crippen molar-refractivity contribution in [1.82, 2.24) is 15.1 Å². The first-order valence-corrected chi connectivity index (χ1v) is 9.43. The summed E-state index contributed by atoms with van der Waals surface area (Å²) < 4.78 is 0. The molecule has 3 heterocycles. The number of rotatable bonds is 3. The maximum atomic E-state index is 13.1. The molecule has 0 radical (unpaired) electrons. The van der Waals surface area contributed by atoms with Gasteiger partial charge in [0.05, 0.1) is 5.92 Å². The molecule has 0 spiro atoms. The molecule has 3 aliphatic rings. The number of carbonyl (C=O) groups is 2. The van der Waals surface area contributed by atoms with E-state index in [2.05, 4.69) is 17.1 Å². The number of halogens is 1. The van der Waals surface area contributed by atoms with Crippen LogP contribution in [0.3, 0.4) is 0 Å². The molecule has 3 aliphatic heterocycles. The first-order valence-electron chi connectivity index (χ1n) is 9.43. The minimum Gasteiger partial charge on any atom is -0.342 e. The highest BCUT2D eigenvalue weighted by Gasteiger charge is 2.41. The summed E-state index contributed by atoms with van der Waals surface area (Å²) in [4.78, 5) is 29.7. The first kappa shape index (κ1) is 19.5. The van der Waals surface area contributed by atoms with Crippen molar-refractivity contribution in [3.05, 3.63) is 0 Å². The van der Waals surface area contributed by atoms with Gasteiger partial charge >= 0.3 is 0 Å². The van der Waals surface area contributed by atoms with Gasteiger partial charge in [-0.1, -0.05) is 13.8 Å². The number of likely N-dealkylation sites (tertiary alicyclic amines) is 1. The van der Waals surface area contributed by atoms with Crippen molar-refractivity contribution in [2.24, 2.45) is 11.8 Å². The monoisotopic (exact) mass is 357 g/mol. The Kier molecular flexibility index (Phi) is 6.93. The van der Waals surface area contributed by atoms with Crippen molar-refractivity contribution in [3.8, 4) is 0 Å². The molecule has 0 aromatic rings. The van der Waals surface area contributed by atoms with Gasteiger partial charge in [0.2, 0.25) is 11.8 Å². The van der Waals surface area contributed by atoms with Gasteiger partial charge in [-0.05, 0) is 45.1 Å². The minimum absolute atomic E-state index is 0. The largest absolute Gasteiger partial charge is 0.342 e. The van der Waals surface area contributed by atoms with Gasteiger partial charge in [0, 0.05) is 37.6 Å². The summed E-state index contributed by atoms with van der Waals surface area (Å²) in [5.41, 5.74) is 0. The van der Waals surface area contributed by atoms with Crippen LogP contribution in [-0.4, -0.2) is 59.9 Å². The molecule has 3 rings (SSSR count). The van der Waals surface area contributed by atoms with Gasteiger partial charge in [-0.15, -0.1) is 12.4 Å². The van der Waals surface area contributed by atoms with E-state index in [4.69, 9.17) is 0 Å². The van der Waals surface area contributed by atoms with E-state index in [0.29, 0.717) is 24.5 Å². The van der Waals surface area contributed by atoms with Crippen molar-refractivity contribution in [2.75, 3.05) is 26.2 Å². The zero-order chi connectivity index (χ0) is 16.4. The second-order valence-corrected chi connectivity index (χ2v) is 7.56. The van der Waals surface area contributed by atoms with Gasteiger partial charge in [-0.25, -0.2) is 0 Å². The highest BCUT2D eigenvalue weighted by molar-refractivity contribution is 5.85. The molecule has 4 unspecified atom stereocenters. The topological polar surface area (TPSA) is 52.7 Å². The summed E-state index contributed by atoms with van der Waals surface area (Å²) in [7, 11) is 0. The molecule has 2 amide bonds. The molecule has 6 heteroatoms. The number of nitrogens with one attached hydrogen (secondary N) is 1. The van der Waals surface area contributed by atoms with Crippen LogP contribution < -0.4 is 5.32 Å². The van der Waals surface area contributed by atoms with Crippen molar-refractivity contribution in [3.63, 3.8) is 0 Å². The van der Waals surface area contributed by atoms with Crippen LogP contribution in [0, 0.1) is 11.8 Å². The second-order valence-electron chi connectivity index (χ2n) is 7.56. The molecule has 5 nitrogen and oxygen atoms in total. The van der Waals surface area contributed by atoms with E-state index >= 15 is 0 Å². The van der Waals surface area contributed by atoms with E-state index < -0.39 is 0 Å². The van der Waals surface area contributed by atoms with Gasteiger partial charge < -0.3 is 15.1 Å². The Bertz CT molecular complexity index is 446. The maximum Gasteiger partial charge on any atom is 0.228 e. The summed E-state index contributed by atoms with van der Waals surface area (Å²) in [6.07, 6.45) is 6.12. The fraction of sp³-hybridized carbons (Fsp3) is 0.889. The Morgan fingerprint density at radius 3 is 2.67 bits per heavy atom. The number of hydrogen-bond acceptors (Lipinski definition) is 3. The molecule has 0 saturated carbocycles. The van der Waals surface area contributed by atoms with E-state index in [1.807, 2.05) is 11.8 Å². The average molecular weight is 358 g/mol. The fourth-order valence-electron chi connectivity index (χ4n) is 4.42. The fourth-order valence-corrected chi connectivity index (χ4v) is 4.42. The first-order chi connectivity index (χ1) is 11.1. The lowest BCUT2D eigenvalue weighted by molar-refractivity contribution is -0.144. The van der Waals surface area contributed by atoms with Crippen LogP contribution in [0.4, 0.5) is 0 Å². The summed E-state index contributed by atoms with van der Waals surface area (Å²) in [5.74, 6) is 0.619. The number of amides is 2. The van der Waals surface area contributed by atoms with Crippen LogP contribution in [0.15, 0.2) is 0 Å². The predicted molar refractivity (Wildman–Crippen MR) is 97.1 cm³/mol. The SMILES string of the molecule is CCC(C)C(=O)N1CCCC(C(=O)N2C3CCNCC2CC3)C1.Cl. The Labute approximate surface area is 151 Å². The van der Waals surface area contributed by atoms with Crippen LogP contribution in [0.25, 0.3) is 0 Å². The zero-order valence-electron chi connectivity index (χ0n) is 15.0. The quantitative estimate of drug-likeness (QED) is 0.841. The molecule has 2 bridgehead atoms. The van der Waals surface area contributed by atoms with Crippen LogP contribution in [0.5, 0.6) is 0 Å². The van der Waals surface area contributed by atoms with Gasteiger partial charge in [-0.3, -0.25) is 9.59 Å². The number of piperidine rings is 1. The van der Waals surface area contributed by atoms with Crippen LogP contribution in [-0.2, 0) is 9.59 Å². The van der Waals surface area contributed by atoms with E-state index in [-0.39, 0.29) is 30.2 Å². The van der Waals surface area contributed by atoms with E-state index in [0.717, 1.165) is 58.2 Å². The number of carbonyl (C=O) groups excluding carboxylic acids is 2. The standard InChI is InChI=1S/C18H31N3O2.ClH/c1-3-13(2)17(22)20-10-4-5-14(12-20)18(23)21-15-6-7-16(21)11-19-9-8-15;/h13-16,19H,3-12H2,1-2H3;1H. The minimum atomic E-state index is 0. The van der Waals surface area contributed by atoms with Crippen molar-refractivity contribution in [2.45, 2.75) is 64.5 Å². The molecule has 4 atom stereocenters. The van der Waals surface area contributed by atoms with Gasteiger partial charge in [0.15, 0.2) is 0 Å². The van der Waals surface area contributed by atoms with Crippen LogP contribution in [0.1, 0.15) is 52.4 Å². The summed E-state index contributed by atoms with van der Waals surface area (Å²) in [6, 6.07) is 0.791. The number of nitrogens with zero attached hydrogens (tertiary/aromatic N) is 2. The molecule has 0 aromatic carbocycles. The third kappa shape index (κ3) is 3.88. The van der Waals surface area contributed by atoms with Crippen LogP contribution >= 0.6 is 12.4 Å². The van der Waals surface area contributed by atoms with Crippen molar-refractivity contribution >= 4 is 24.2 Å². The Morgan fingerprint density at radius 2 is 1.92 bits per heavy atom. The Balaban J connectivity index is 0.00000208. The Hall–Kier alpha value is -0.810. The van der Waals surface area contributed by atoms with Gasteiger partial charge in [0.25, 0.3) is 0 Å². The van der Waals surface area contributed by atoms with E-state index in [1.54, 1.807) is 0 Å². The average Bonchev–Trinajstić information content (AvgIpc) is 2.85. The summed E-state index contributed by atoms with van der Waals surface area (Å²) >= 11 is 0. The summed E-state index contributed by atoms with van der Waals surface area (Å²) in [5, 5.41) is 3.46. The third-order valence-electron chi connectivity index (χ3n) is 6.02. The molecular weight excluding hydrogens is 326 g/mol. The van der Waals surface area contributed by atoms with Gasteiger partial charge in [-0.2, -0.15) is 0 Å². The molecule has 24 heavy (non-hydrogen) atoms. The maximum absolute atomic E-state index is 13.1. The lowest BCUT2D eigenvalue weighted by Gasteiger charge is -2.37. The van der Waals surface area contributed by atoms with E-state index in [9.17, 15) is 9.59 Å². The molecule has 3 fully saturated rings. The number of fused-ring (bicyclic) bond motifs is 2. The molecule has 0 aromatic heterocycles. The smallest absolute Gasteiger partial charge is 0.228 e. The lowest BCUT2D eigenvalue weighted by atomic mass is 9.94. The molecule has 3 saturated heterocycles. The predicted octanol–water partition coefficient (Wildman–Crippen LogP) is 2.05. The van der Waals surface area contributed by atoms with Gasteiger partial charge in [0.1, 0.15) is 0 Å². The highest BCUT2D eigenvalue weighted by Crippen LogP contribution is 2.31.